The van der Waals surface area contributed by atoms with E-state index in [-0.39, 0.29) is 5.91 Å². The van der Waals surface area contributed by atoms with Crippen molar-refractivity contribution in [3.8, 4) is 11.4 Å². The van der Waals surface area contributed by atoms with E-state index in [2.05, 4.69) is 14.8 Å². The van der Waals surface area contributed by atoms with Gasteiger partial charge in [-0.15, -0.1) is 0 Å². The third kappa shape index (κ3) is 3.99. The van der Waals surface area contributed by atoms with E-state index >= 15 is 0 Å². The van der Waals surface area contributed by atoms with E-state index in [1.165, 1.54) is 11.3 Å². The van der Waals surface area contributed by atoms with Gasteiger partial charge in [0.15, 0.2) is 5.82 Å². The zero-order valence-corrected chi connectivity index (χ0v) is 16.8. The Morgan fingerprint density at radius 3 is 2.79 bits per heavy atom. The lowest BCUT2D eigenvalue weighted by Gasteiger charge is -2.25. The highest BCUT2D eigenvalue weighted by atomic mass is 16.2. The number of pyridine rings is 1. The molecule has 0 unspecified atom stereocenters. The van der Waals surface area contributed by atoms with E-state index in [0.29, 0.717) is 6.54 Å². The van der Waals surface area contributed by atoms with Gasteiger partial charge >= 0.3 is 0 Å². The maximum Gasteiger partial charge on any atom is 0.236 e. The fourth-order valence-electron chi connectivity index (χ4n) is 3.97. The molecule has 28 heavy (non-hydrogen) atoms. The fourth-order valence-corrected chi connectivity index (χ4v) is 3.97. The maximum atomic E-state index is 12.1. The summed E-state index contributed by atoms with van der Waals surface area (Å²) < 4.78 is 0. The molecule has 1 fully saturated rings. The van der Waals surface area contributed by atoms with Gasteiger partial charge in [0.2, 0.25) is 5.91 Å². The number of hydrogen-bond acceptors (Lipinski definition) is 6. The minimum absolute atomic E-state index is 0.162. The third-order valence-electron chi connectivity index (χ3n) is 5.58. The Morgan fingerprint density at radius 1 is 1.11 bits per heavy atom. The van der Waals surface area contributed by atoms with Gasteiger partial charge in [-0.2, -0.15) is 0 Å². The van der Waals surface area contributed by atoms with E-state index in [1.807, 2.05) is 32.4 Å². The molecule has 3 heterocycles. The Labute approximate surface area is 166 Å². The average molecular weight is 380 g/mol. The topological polar surface area (TPSA) is 65.5 Å². The Hall–Kier alpha value is -2.54. The van der Waals surface area contributed by atoms with Gasteiger partial charge in [0, 0.05) is 69.5 Å². The van der Waals surface area contributed by atoms with Crippen LogP contribution in [0.1, 0.15) is 24.1 Å². The lowest BCUT2D eigenvalue weighted by Crippen LogP contribution is -2.39. The number of rotatable bonds is 4. The second kappa shape index (κ2) is 8.22. The number of aromatic nitrogens is 3. The Bertz CT molecular complexity index is 838. The van der Waals surface area contributed by atoms with Gasteiger partial charge in [-0.3, -0.25) is 14.7 Å². The van der Waals surface area contributed by atoms with Crippen molar-refractivity contribution in [3.05, 3.63) is 35.8 Å². The predicted octanol–water partition coefficient (Wildman–Crippen LogP) is 1.63. The molecule has 2 aliphatic rings. The summed E-state index contributed by atoms with van der Waals surface area (Å²) in [5.41, 5.74) is 3.46. The Kier molecular flexibility index (Phi) is 5.52. The number of fused-ring (bicyclic) bond motifs is 1. The highest BCUT2D eigenvalue weighted by Crippen LogP contribution is 2.31. The quantitative estimate of drug-likeness (QED) is 0.803. The summed E-state index contributed by atoms with van der Waals surface area (Å²) in [5, 5.41) is 0. The number of amides is 1. The van der Waals surface area contributed by atoms with Crippen molar-refractivity contribution in [3.63, 3.8) is 0 Å². The molecule has 2 aromatic rings. The van der Waals surface area contributed by atoms with Gasteiger partial charge in [0.25, 0.3) is 0 Å². The van der Waals surface area contributed by atoms with Crippen molar-refractivity contribution in [1.29, 1.82) is 0 Å². The number of carbonyl (C=O) groups excluding carboxylic acids is 1. The summed E-state index contributed by atoms with van der Waals surface area (Å²) in [4.78, 5) is 32.4. The van der Waals surface area contributed by atoms with Crippen molar-refractivity contribution < 1.29 is 4.79 Å². The van der Waals surface area contributed by atoms with Crippen molar-refractivity contribution in [1.82, 2.24) is 24.8 Å². The van der Waals surface area contributed by atoms with Gasteiger partial charge < -0.3 is 9.80 Å². The predicted molar refractivity (Wildman–Crippen MR) is 109 cm³/mol. The lowest BCUT2D eigenvalue weighted by atomic mass is 10.2. The SMILES string of the molecule is CN(C)C(=O)CN1CCCN(c2nc(-c3cccnc3)nc3c2CCC3)CC1. The van der Waals surface area contributed by atoms with Crippen LogP contribution in [0.15, 0.2) is 24.5 Å². The van der Waals surface area contributed by atoms with Crippen molar-refractivity contribution in [2.75, 3.05) is 51.7 Å². The highest BCUT2D eigenvalue weighted by Gasteiger charge is 2.25. The summed E-state index contributed by atoms with van der Waals surface area (Å²) in [6.07, 6.45) is 7.85. The molecular formula is C21H28N6O. The van der Waals surface area contributed by atoms with Crippen molar-refractivity contribution in [2.24, 2.45) is 0 Å². The highest BCUT2D eigenvalue weighted by molar-refractivity contribution is 5.77. The normalized spacial score (nSPS) is 17.3. The summed E-state index contributed by atoms with van der Waals surface area (Å²) in [6.45, 7) is 4.16. The number of hydrogen-bond donors (Lipinski definition) is 0. The van der Waals surface area contributed by atoms with Crippen LogP contribution in [0, 0.1) is 0 Å². The summed E-state index contributed by atoms with van der Waals surface area (Å²) in [6, 6.07) is 3.95. The number of aryl methyl sites for hydroxylation is 1. The molecule has 0 bridgehead atoms. The Balaban J connectivity index is 1.57. The van der Waals surface area contributed by atoms with Gasteiger partial charge in [0.05, 0.1) is 6.54 Å². The molecule has 0 N–H and O–H groups in total. The molecule has 0 saturated carbocycles. The fraction of sp³-hybridized carbons (Fsp3) is 0.524. The third-order valence-corrected chi connectivity index (χ3v) is 5.58. The average Bonchev–Trinajstić information content (AvgIpc) is 3.07. The van der Waals surface area contributed by atoms with Crippen LogP contribution < -0.4 is 4.90 Å². The number of likely N-dealkylation sites (N-methyl/N-ethyl adjacent to an activating group) is 1. The molecule has 7 nitrogen and oxygen atoms in total. The molecule has 0 aromatic carbocycles. The van der Waals surface area contributed by atoms with Crippen molar-refractivity contribution in [2.45, 2.75) is 25.7 Å². The first-order valence-corrected chi connectivity index (χ1v) is 10.1. The van der Waals surface area contributed by atoms with Crippen molar-refractivity contribution >= 4 is 11.7 Å². The molecule has 1 saturated heterocycles. The zero-order chi connectivity index (χ0) is 19.5. The Morgan fingerprint density at radius 2 is 2.00 bits per heavy atom. The zero-order valence-electron chi connectivity index (χ0n) is 16.8. The smallest absolute Gasteiger partial charge is 0.236 e. The standard InChI is InChI=1S/C21H28N6O/c1-25(2)19(28)15-26-10-5-11-27(13-12-26)21-17-7-3-8-18(17)23-20(24-21)16-6-4-9-22-14-16/h4,6,9,14H,3,5,7-8,10-13,15H2,1-2H3. The van der Waals surface area contributed by atoms with Crippen LogP contribution in [-0.4, -0.2) is 77.5 Å². The van der Waals surface area contributed by atoms with Crippen LogP contribution in [0.3, 0.4) is 0 Å². The molecule has 4 rings (SSSR count). The monoisotopic (exact) mass is 380 g/mol. The van der Waals surface area contributed by atoms with Gasteiger partial charge in [-0.25, -0.2) is 9.97 Å². The molecule has 148 valence electrons. The van der Waals surface area contributed by atoms with Gasteiger partial charge in [-0.1, -0.05) is 0 Å². The molecule has 0 radical (unpaired) electrons. The van der Waals surface area contributed by atoms with Crippen LogP contribution >= 0.6 is 0 Å². The van der Waals surface area contributed by atoms with Gasteiger partial charge in [-0.05, 0) is 37.8 Å². The maximum absolute atomic E-state index is 12.1. The van der Waals surface area contributed by atoms with Crippen LogP contribution in [0.5, 0.6) is 0 Å². The minimum atomic E-state index is 0.162. The number of anilines is 1. The number of nitrogens with zero attached hydrogens (tertiary/aromatic N) is 6. The number of carbonyl (C=O) groups is 1. The minimum Gasteiger partial charge on any atom is -0.355 e. The van der Waals surface area contributed by atoms with Crippen LogP contribution in [-0.2, 0) is 17.6 Å². The first-order chi connectivity index (χ1) is 13.6. The lowest BCUT2D eigenvalue weighted by molar-refractivity contribution is -0.129. The molecule has 0 atom stereocenters. The van der Waals surface area contributed by atoms with E-state index < -0.39 is 0 Å². The van der Waals surface area contributed by atoms with Crippen LogP contribution in [0.4, 0.5) is 5.82 Å². The van der Waals surface area contributed by atoms with Crippen LogP contribution in [0.2, 0.25) is 0 Å². The first-order valence-electron chi connectivity index (χ1n) is 10.1. The molecule has 7 heteroatoms. The summed E-state index contributed by atoms with van der Waals surface area (Å²) in [7, 11) is 3.63. The largest absolute Gasteiger partial charge is 0.355 e. The van der Waals surface area contributed by atoms with Crippen LogP contribution in [0.25, 0.3) is 11.4 Å². The molecule has 1 aliphatic carbocycles. The summed E-state index contributed by atoms with van der Waals surface area (Å²) in [5.74, 6) is 2.02. The van der Waals surface area contributed by atoms with E-state index in [1.54, 1.807) is 11.1 Å². The second-order valence-electron chi connectivity index (χ2n) is 7.80. The summed E-state index contributed by atoms with van der Waals surface area (Å²) >= 11 is 0. The van der Waals surface area contributed by atoms with E-state index in [0.717, 1.165) is 69.1 Å². The molecular weight excluding hydrogens is 352 g/mol. The molecule has 1 aliphatic heterocycles. The van der Waals surface area contributed by atoms with Gasteiger partial charge in [0.1, 0.15) is 5.82 Å². The molecule has 2 aromatic heterocycles. The molecule has 1 amide bonds. The molecule has 0 spiro atoms. The van der Waals surface area contributed by atoms with E-state index in [4.69, 9.17) is 9.97 Å². The van der Waals surface area contributed by atoms with E-state index in [9.17, 15) is 4.79 Å². The first kappa shape index (κ1) is 18.8. The second-order valence-corrected chi connectivity index (χ2v) is 7.80.